The fourth-order valence-electron chi connectivity index (χ4n) is 2.61. The smallest absolute Gasteiger partial charge is 0.232 e. The van der Waals surface area contributed by atoms with E-state index in [-0.39, 0.29) is 5.41 Å². The molecule has 0 radical (unpaired) electrons. The predicted octanol–water partition coefficient (Wildman–Crippen LogP) is 2.11. The fourth-order valence-corrected chi connectivity index (χ4v) is 2.61. The first-order valence-electron chi connectivity index (χ1n) is 6.60. The summed E-state index contributed by atoms with van der Waals surface area (Å²) in [7, 11) is 1.62. The van der Waals surface area contributed by atoms with Crippen molar-refractivity contribution in [1.29, 1.82) is 0 Å². The summed E-state index contributed by atoms with van der Waals surface area (Å²) in [5.41, 5.74) is 5.45. The van der Waals surface area contributed by atoms with Crippen LogP contribution in [0, 0.1) is 0 Å². The standard InChI is InChI=1S/C13H23N3O2/c1-12(7-5-4-6-8-12)11-15-10(16-18-11)13(2,14)9-17-3/h4-9,14H2,1-3H3. The van der Waals surface area contributed by atoms with Gasteiger partial charge >= 0.3 is 0 Å². The van der Waals surface area contributed by atoms with Crippen LogP contribution in [0.15, 0.2) is 4.52 Å². The third-order valence-electron chi connectivity index (χ3n) is 3.85. The van der Waals surface area contributed by atoms with E-state index in [1.807, 2.05) is 6.92 Å². The molecule has 102 valence electrons. The van der Waals surface area contributed by atoms with Crippen molar-refractivity contribution in [2.75, 3.05) is 13.7 Å². The Morgan fingerprint density at radius 3 is 2.67 bits per heavy atom. The summed E-state index contributed by atoms with van der Waals surface area (Å²) in [6, 6.07) is 0. The first-order chi connectivity index (χ1) is 8.48. The van der Waals surface area contributed by atoms with Crippen molar-refractivity contribution in [1.82, 2.24) is 10.1 Å². The quantitative estimate of drug-likeness (QED) is 0.889. The number of nitrogens with two attached hydrogens (primary N) is 1. The molecule has 1 aliphatic rings. The number of methoxy groups -OCH3 is 1. The lowest BCUT2D eigenvalue weighted by Gasteiger charge is -2.29. The second-order valence-electron chi connectivity index (χ2n) is 5.89. The van der Waals surface area contributed by atoms with Crippen molar-refractivity contribution in [3.8, 4) is 0 Å². The molecule has 5 heteroatoms. The van der Waals surface area contributed by atoms with Gasteiger partial charge in [-0.2, -0.15) is 4.98 Å². The molecule has 0 spiro atoms. The lowest BCUT2D eigenvalue weighted by molar-refractivity contribution is 0.134. The molecule has 2 rings (SSSR count). The summed E-state index contributed by atoms with van der Waals surface area (Å²) >= 11 is 0. The number of hydrogen-bond donors (Lipinski definition) is 1. The monoisotopic (exact) mass is 253 g/mol. The Hall–Kier alpha value is -0.940. The number of hydrogen-bond acceptors (Lipinski definition) is 5. The molecular weight excluding hydrogens is 230 g/mol. The summed E-state index contributed by atoms with van der Waals surface area (Å²) in [6.07, 6.45) is 5.98. The molecule has 1 heterocycles. The Bertz CT molecular complexity index is 395. The van der Waals surface area contributed by atoms with E-state index in [4.69, 9.17) is 15.0 Å². The molecule has 1 aromatic rings. The van der Waals surface area contributed by atoms with Crippen LogP contribution >= 0.6 is 0 Å². The lowest BCUT2D eigenvalue weighted by Crippen LogP contribution is -2.39. The molecule has 1 aliphatic carbocycles. The molecule has 1 atom stereocenters. The number of rotatable bonds is 4. The van der Waals surface area contributed by atoms with E-state index >= 15 is 0 Å². The molecule has 1 unspecified atom stereocenters. The molecular formula is C13H23N3O2. The Morgan fingerprint density at radius 2 is 2.06 bits per heavy atom. The average Bonchev–Trinajstić information content (AvgIpc) is 2.80. The zero-order chi connectivity index (χ0) is 13.2. The molecule has 0 bridgehead atoms. The van der Waals surface area contributed by atoms with Gasteiger partial charge in [-0.1, -0.05) is 31.3 Å². The summed E-state index contributed by atoms with van der Waals surface area (Å²) < 4.78 is 10.5. The summed E-state index contributed by atoms with van der Waals surface area (Å²) in [6.45, 7) is 4.44. The van der Waals surface area contributed by atoms with Crippen molar-refractivity contribution in [3.05, 3.63) is 11.7 Å². The molecule has 0 aromatic carbocycles. The highest BCUT2D eigenvalue weighted by Crippen LogP contribution is 2.38. The van der Waals surface area contributed by atoms with Crippen molar-refractivity contribution in [2.24, 2.45) is 5.73 Å². The van der Waals surface area contributed by atoms with Crippen LogP contribution in [0.3, 0.4) is 0 Å². The van der Waals surface area contributed by atoms with Crippen molar-refractivity contribution < 1.29 is 9.26 Å². The zero-order valence-electron chi connectivity index (χ0n) is 11.5. The third kappa shape index (κ3) is 2.57. The van der Waals surface area contributed by atoms with E-state index in [2.05, 4.69) is 17.1 Å². The Labute approximate surface area is 108 Å². The molecule has 18 heavy (non-hydrogen) atoms. The first-order valence-corrected chi connectivity index (χ1v) is 6.60. The van der Waals surface area contributed by atoms with Crippen LogP contribution in [0.2, 0.25) is 0 Å². The van der Waals surface area contributed by atoms with Gasteiger partial charge in [0.25, 0.3) is 0 Å². The highest BCUT2D eigenvalue weighted by Gasteiger charge is 2.36. The van der Waals surface area contributed by atoms with E-state index in [1.165, 1.54) is 19.3 Å². The normalized spacial score (nSPS) is 22.7. The maximum atomic E-state index is 6.12. The summed E-state index contributed by atoms with van der Waals surface area (Å²) in [4.78, 5) is 4.51. The molecule has 5 nitrogen and oxygen atoms in total. The van der Waals surface area contributed by atoms with Crippen LogP contribution in [0.25, 0.3) is 0 Å². The molecule has 2 N–H and O–H groups in total. The molecule has 0 saturated heterocycles. The first kappa shape index (κ1) is 13.5. The SMILES string of the molecule is COCC(C)(N)c1noc(C2(C)CCCCC2)n1. The van der Waals surface area contributed by atoms with E-state index in [0.29, 0.717) is 12.4 Å². The Morgan fingerprint density at radius 1 is 1.39 bits per heavy atom. The number of ether oxygens (including phenoxy) is 1. The lowest BCUT2D eigenvalue weighted by atomic mass is 9.75. The van der Waals surface area contributed by atoms with Crippen LogP contribution in [0.5, 0.6) is 0 Å². The van der Waals surface area contributed by atoms with Crippen LogP contribution in [0.1, 0.15) is 57.7 Å². The van der Waals surface area contributed by atoms with Crippen molar-refractivity contribution in [2.45, 2.75) is 56.9 Å². The largest absolute Gasteiger partial charge is 0.382 e. The van der Waals surface area contributed by atoms with Gasteiger partial charge in [-0.25, -0.2) is 0 Å². The molecule has 1 aromatic heterocycles. The Balaban J connectivity index is 2.19. The average molecular weight is 253 g/mol. The van der Waals surface area contributed by atoms with Gasteiger partial charge in [0.15, 0.2) is 5.82 Å². The number of nitrogens with zero attached hydrogens (tertiary/aromatic N) is 2. The van der Waals surface area contributed by atoms with Gasteiger partial charge in [0.2, 0.25) is 5.89 Å². The van der Waals surface area contributed by atoms with Crippen LogP contribution in [0.4, 0.5) is 0 Å². The molecule has 0 amide bonds. The zero-order valence-corrected chi connectivity index (χ0v) is 11.5. The second-order valence-corrected chi connectivity index (χ2v) is 5.89. The van der Waals surface area contributed by atoms with Crippen LogP contribution < -0.4 is 5.73 Å². The second kappa shape index (κ2) is 4.97. The van der Waals surface area contributed by atoms with Crippen molar-refractivity contribution >= 4 is 0 Å². The van der Waals surface area contributed by atoms with E-state index in [0.717, 1.165) is 18.7 Å². The fraction of sp³-hybridized carbons (Fsp3) is 0.846. The van der Waals surface area contributed by atoms with Gasteiger partial charge in [0, 0.05) is 12.5 Å². The van der Waals surface area contributed by atoms with E-state index in [1.54, 1.807) is 7.11 Å². The van der Waals surface area contributed by atoms with Gasteiger partial charge in [-0.05, 0) is 19.8 Å². The minimum absolute atomic E-state index is 0.0205. The minimum atomic E-state index is -0.693. The summed E-state index contributed by atoms with van der Waals surface area (Å²) in [5, 5.41) is 4.04. The molecule has 0 aliphatic heterocycles. The Kier molecular flexibility index (Phi) is 3.73. The predicted molar refractivity (Wildman–Crippen MR) is 68.2 cm³/mol. The van der Waals surface area contributed by atoms with Gasteiger partial charge < -0.3 is 15.0 Å². The van der Waals surface area contributed by atoms with Gasteiger partial charge in [-0.3, -0.25) is 0 Å². The highest BCUT2D eigenvalue weighted by atomic mass is 16.5. The van der Waals surface area contributed by atoms with E-state index in [9.17, 15) is 0 Å². The van der Waals surface area contributed by atoms with Gasteiger partial charge in [0.05, 0.1) is 6.61 Å². The van der Waals surface area contributed by atoms with E-state index < -0.39 is 5.54 Å². The van der Waals surface area contributed by atoms with Crippen LogP contribution in [-0.2, 0) is 15.7 Å². The maximum absolute atomic E-state index is 6.12. The molecule has 1 fully saturated rings. The van der Waals surface area contributed by atoms with Gasteiger partial charge in [0.1, 0.15) is 5.54 Å². The van der Waals surface area contributed by atoms with Gasteiger partial charge in [-0.15, -0.1) is 0 Å². The van der Waals surface area contributed by atoms with Crippen molar-refractivity contribution in [3.63, 3.8) is 0 Å². The summed E-state index contributed by atoms with van der Waals surface area (Å²) in [5.74, 6) is 1.26. The minimum Gasteiger partial charge on any atom is -0.382 e. The maximum Gasteiger partial charge on any atom is 0.232 e. The third-order valence-corrected chi connectivity index (χ3v) is 3.85. The van der Waals surface area contributed by atoms with Crippen LogP contribution in [-0.4, -0.2) is 23.9 Å². The number of aromatic nitrogens is 2. The highest BCUT2D eigenvalue weighted by molar-refractivity contribution is 5.09. The molecule has 1 saturated carbocycles. The topological polar surface area (TPSA) is 74.2 Å².